The van der Waals surface area contributed by atoms with Gasteiger partial charge in [-0.05, 0) is 19.1 Å². The topological polar surface area (TPSA) is 117 Å². The van der Waals surface area contributed by atoms with Gasteiger partial charge in [-0.25, -0.2) is 10.2 Å². The minimum atomic E-state index is -0.536. The van der Waals surface area contributed by atoms with E-state index in [1.165, 1.54) is 16.2 Å². The molecule has 0 saturated carbocycles. The van der Waals surface area contributed by atoms with E-state index in [0.717, 1.165) is 0 Å². The summed E-state index contributed by atoms with van der Waals surface area (Å²) in [5.41, 5.74) is 3.35. The molecule has 0 saturated heterocycles. The Morgan fingerprint density at radius 1 is 1.25 bits per heavy atom. The number of aromatic amines is 1. The summed E-state index contributed by atoms with van der Waals surface area (Å²) < 4.78 is 2.76. The van der Waals surface area contributed by atoms with Crippen LogP contribution < -0.4 is 16.7 Å². The summed E-state index contributed by atoms with van der Waals surface area (Å²) in [6.45, 7) is 1.73. The summed E-state index contributed by atoms with van der Waals surface area (Å²) in [6.07, 6.45) is 0. The molecule has 2 heterocycles. The van der Waals surface area contributed by atoms with Gasteiger partial charge in [-0.2, -0.15) is 10.1 Å². The number of para-hydroxylation sites is 1. The number of fused-ring (bicyclic) bond motifs is 1. The van der Waals surface area contributed by atoms with Crippen LogP contribution in [0.4, 0.5) is 5.95 Å². The van der Waals surface area contributed by atoms with Crippen LogP contribution in [0.1, 0.15) is 12.5 Å². The zero-order valence-electron chi connectivity index (χ0n) is 13.4. The van der Waals surface area contributed by atoms with Crippen molar-refractivity contribution >= 4 is 22.8 Å². The molecule has 0 radical (unpaired) electrons. The number of aryl methyl sites for hydroxylation is 2. The fourth-order valence-electron chi connectivity index (χ4n) is 2.38. The van der Waals surface area contributed by atoms with Crippen molar-refractivity contribution in [3.8, 4) is 5.75 Å². The maximum absolute atomic E-state index is 12.0. The monoisotopic (exact) mass is 328 g/mol. The number of benzene rings is 1. The highest BCUT2D eigenvalue weighted by Crippen LogP contribution is 2.17. The lowest BCUT2D eigenvalue weighted by Gasteiger charge is -2.05. The number of nitrogens with one attached hydrogen (secondary N) is 2. The second-order valence-electron chi connectivity index (χ2n) is 5.31. The number of anilines is 1. The number of imidazole rings is 1. The summed E-state index contributed by atoms with van der Waals surface area (Å²) in [7, 11) is 3.16. The minimum absolute atomic E-state index is 0.115. The number of phenolic OH excluding ortho intramolecular Hbond substituents is 1. The highest BCUT2D eigenvalue weighted by Gasteiger charge is 2.14. The first-order chi connectivity index (χ1) is 11.4. The lowest BCUT2D eigenvalue weighted by molar-refractivity contribution is 0.474. The van der Waals surface area contributed by atoms with Crippen molar-refractivity contribution in [3.05, 3.63) is 50.7 Å². The van der Waals surface area contributed by atoms with Crippen LogP contribution in [-0.4, -0.2) is 29.9 Å². The molecule has 124 valence electrons. The van der Waals surface area contributed by atoms with E-state index in [9.17, 15) is 14.7 Å². The summed E-state index contributed by atoms with van der Waals surface area (Å²) in [6, 6.07) is 6.81. The molecule has 3 aromatic rings. The molecule has 0 aliphatic heterocycles. The van der Waals surface area contributed by atoms with Crippen molar-refractivity contribution < 1.29 is 5.11 Å². The number of aromatic hydroxyl groups is 1. The molecule has 3 rings (SSSR count). The molecule has 0 amide bonds. The molecular weight excluding hydrogens is 312 g/mol. The summed E-state index contributed by atoms with van der Waals surface area (Å²) >= 11 is 0. The van der Waals surface area contributed by atoms with Gasteiger partial charge in [-0.3, -0.25) is 14.3 Å². The predicted molar refractivity (Wildman–Crippen MR) is 90.5 cm³/mol. The number of hydrogen-bond donors (Lipinski definition) is 3. The Hall–Kier alpha value is -3.36. The maximum atomic E-state index is 12.0. The summed E-state index contributed by atoms with van der Waals surface area (Å²) in [5, 5.41) is 14.0. The van der Waals surface area contributed by atoms with E-state index in [0.29, 0.717) is 17.2 Å². The predicted octanol–water partition coefficient (Wildman–Crippen LogP) is 0.502. The van der Waals surface area contributed by atoms with Crippen molar-refractivity contribution in [2.24, 2.45) is 19.2 Å². The quantitative estimate of drug-likeness (QED) is 0.478. The molecule has 0 spiro atoms. The van der Waals surface area contributed by atoms with E-state index < -0.39 is 11.2 Å². The summed E-state index contributed by atoms with van der Waals surface area (Å²) in [4.78, 5) is 30.1. The Kier molecular flexibility index (Phi) is 3.68. The average Bonchev–Trinajstić information content (AvgIpc) is 2.88. The molecule has 24 heavy (non-hydrogen) atoms. The molecule has 0 unspecified atom stereocenters. The largest absolute Gasteiger partial charge is 0.507 e. The van der Waals surface area contributed by atoms with Gasteiger partial charge in [0.05, 0.1) is 5.71 Å². The van der Waals surface area contributed by atoms with Gasteiger partial charge in [0, 0.05) is 19.7 Å². The van der Waals surface area contributed by atoms with E-state index in [1.54, 1.807) is 38.2 Å². The highest BCUT2D eigenvalue weighted by atomic mass is 16.3. The molecule has 9 nitrogen and oxygen atoms in total. The molecule has 1 aromatic carbocycles. The number of phenols is 1. The second kappa shape index (κ2) is 5.69. The van der Waals surface area contributed by atoms with Crippen molar-refractivity contribution in [1.82, 2.24) is 19.1 Å². The minimum Gasteiger partial charge on any atom is -0.507 e. The van der Waals surface area contributed by atoms with Crippen molar-refractivity contribution in [2.45, 2.75) is 6.92 Å². The SMILES string of the molecule is C/C(=N/Nc1nc2c(c(=O)[nH]c(=O)n2C)n1C)c1ccccc1O. The lowest BCUT2D eigenvalue weighted by atomic mass is 10.1. The lowest BCUT2D eigenvalue weighted by Crippen LogP contribution is -2.29. The van der Waals surface area contributed by atoms with Gasteiger partial charge in [0.25, 0.3) is 5.56 Å². The number of hydrazone groups is 1. The fraction of sp³-hybridized carbons (Fsp3) is 0.200. The van der Waals surface area contributed by atoms with E-state index >= 15 is 0 Å². The number of aromatic nitrogens is 4. The standard InChI is InChI=1S/C15H16N6O3/c1-8(9-6-4-5-7-10(9)22)18-19-14-16-12-11(20(14)2)13(23)17-15(24)21(12)3/h4-7,22H,1-3H3,(H,16,19)(H,17,23,24)/b18-8-. The number of hydrogen-bond acceptors (Lipinski definition) is 6. The Labute approximate surface area is 135 Å². The van der Waals surface area contributed by atoms with Crippen LogP contribution in [0.25, 0.3) is 11.2 Å². The van der Waals surface area contributed by atoms with Crippen LogP contribution in [-0.2, 0) is 14.1 Å². The molecule has 0 aliphatic rings. The second-order valence-corrected chi connectivity index (χ2v) is 5.31. The molecule has 0 fully saturated rings. The van der Waals surface area contributed by atoms with Gasteiger partial charge in [-0.1, -0.05) is 12.1 Å². The Bertz CT molecular complexity index is 1070. The van der Waals surface area contributed by atoms with Crippen molar-refractivity contribution in [1.29, 1.82) is 0 Å². The van der Waals surface area contributed by atoms with E-state index in [4.69, 9.17) is 0 Å². The smallest absolute Gasteiger partial charge is 0.329 e. The summed E-state index contributed by atoms with van der Waals surface area (Å²) in [5.74, 6) is 0.413. The van der Waals surface area contributed by atoms with Crippen LogP contribution in [0.2, 0.25) is 0 Å². The Morgan fingerprint density at radius 2 is 1.96 bits per heavy atom. The third kappa shape index (κ3) is 2.45. The number of H-pyrrole nitrogens is 1. The van der Waals surface area contributed by atoms with Crippen molar-refractivity contribution in [2.75, 3.05) is 5.43 Å². The normalized spacial score (nSPS) is 11.9. The highest BCUT2D eigenvalue weighted by molar-refractivity contribution is 6.01. The van der Waals surface area contributed by atoms with Crippen LogP contribution in [0.5, 0.6) is 5.75 Å². The van der Waals surface area contributed by atoms with Crippen LogP contribution in [0.3, 0.4) is 0 Å². The van der Waals surface area contributed by atoms with Crippen LogP contribution >= 0.6 is 0 Å². The number of nitrogens with zero attached hydrogens (tertiary/aromatic N) is 4. The van der Waals surface area contributed by atoms with E-state index in [-0.39, 0.29) is 16.9 Å². The van der Waals surface area contributed by atoms with Gasteiger partial charge < -0.3 is 9.67 Å². The van der Waals surface area contributed by atoms with Gasteiger partial charge in [0.1, 0.15) is 5.75 Å². The van der Waals surface area contributed by atoms with Crippen molar-refractivity contribution in [3.63, 3.8) is 0 Å². The first-order valence-corrected chi connectivity index (χ1v) is 7.14. The molecule has 0 aliphatic carbocycles. The van der Waals surface area contributed by atoms with Crippen LogP contribution in [0, 0.1) is 0 Å². The number of rotatable bonds is 3. The fourth-order valence-corrected chi connectivity index (χ4v) is 2.38. The molecule has 9 heteroatoms. The van der Waals surface area contributed by atoms with Gasteiger partial charge in [0.15, 0.2) is 11.2 Å². The Balaban J connectivity index is 2.04. The van der Waals surface area contributed by atoms with E-state index in [1.807, 2.05) is 0 Å². The molecule has 0 bridgehead atoms. The molecule has 2 aromatic heterocycles. The van der Waals surface area contributed by atoms with Gasteiger partial charge in [0.2, 0.25) is 5.95 Å². The third-order valence-corrected chi connectivity index (χ3v) is 3.75. The first-order valence-electron chi connectivity index (χ1n) is 7.14. The zero-order chi connectivity index (χ0) is 17.4. The molecule has 3 N–H and O–H groups in total. The maximum Gasteiger partial charge on any atom is 0.329 e. The van der Waals surface area contributed by atoms with E-state index in [2.05, 4.69) is 20.5 Å². The van der Waals surface area contributed by atoms with Gasteiger partial charge >= 0.3 is 5.69 Å². The molecular formula is C15H16N6O3. The van der Waals surface area contributed by atoms with Gasteiger partial charge in [-0.15, -0.1) is 0 Å². The third-order valence-electron chi connectivity index (χ3n) is 3.75. The Morgan fingerprint density at radius 3 is 2.67 bits per heavy atom. The first kappa shape index (κ1) is 15.5. The zero-order valence-corrected chi connectivity index (χ0v) is 13.4. The van der Waals surface area contributed by atoms with Crippen LogP contribution in [0.15, 0.2) is 39.0 Å². The average molecular weight is 328 g/mol. The molecule has 0 atom stereocenters.